The Balaban J connectivity index is 2.06. The van der Waals surface area contributed by atoms with Crippen LogP contribution in [0.1, 0.15) is 16.3 Å². The molecule has 0 atom stereocenters. The number of carbonyl (C=O) groups is 1. The largest absolute Gasteiger partial charge is 0.347 e. The van der Waals surface area contributed by atoms with Gasteiger partial charge in [0.05, 0.1) is 17.7 Å². The third kappa shape index (κ3) is 2.37. The number of amides is 1. The Morgan fingerprint density at radius 1 is 1.67 bits per heavy atom. The van der Waals surface area contributed by atoms with Gasteiger partial charge in [-0.3, -0.25) is 14.9 Å². The van der Waals surface area contributed by atoms with Gasteiger partial charge in [-0.2, -0.15) is 0 Å². The van der Waals surface area contributed by atoms with Crippen molar-refractivity contribution in [2.45, 2.75) is 6.54 Å². The van der Waals surface area contributed by atoms with Crippen molar-refractivity contribution in [3.63, 3.8) is 0 Å². The highest BCUT2D eigenvalue weighted by Crippen LogP contribution is 2.14. The smallest absolute Gasteiger partial charge is 0.287 e. The maximum Gasteiger partial charge on any atom is 0.287 e. The molecule has 8 nitrogen and oxygen atoms in total. The lowest BCUT2D eigenvalue weighted by molar-refractivity contribution is -0.384. The highest BCUT2D eigenvalue weighted by molar-refractivity contribution is 5.93. The average molecular weight is 249 g/mol. The Morgan fingerprint density at radius 3 is 3.00 bits per heavy atom. The molecule has 0 unspecified atom stereocenters. The third-order valence-corrected chi connectivity index (χ3v) is 2.41. The minimum absolute atomic E-state index is 0.111. The van der Waals surface area contributed by atoms with E-state index >= 15 is 0 Å². The number of aryl methyl sites for hydroxylation is 1. The number of hydrogen-bond donors (Lipinski definition) is 2. The standard InChI is InChI=1S/C10H11N5O3/c1-14-6-7(15(17)18)4-8(14)10(16)13-5-9-11-2-3-12-9/h2-4,6H,5H2,1H3,(H,11,12)(H,13,16). The number of nitrogens with zero attached hydrogens (tertiary/aromatic N) is 3. The van der Waals surface area contributed by atoms with E-state index in [1.807, 2.05) is 0 Å². The van der Waals surface area contributed by atoms with Crippen molar-refractivity contribution in [1.29, 1.82) is 0 Å². The summed E-state index contributed by atoms with van der Waals surface area (Å²) < 4.78 is 1.41. The number of nitrogens with one attached hydrogen (secondary N) is 2. The molecule has 0 aliphatic carbocycles. The molecular formula is C10H11N5O3. The SMILES string of the molecule is Cn1cc([N+](=O)[O-])cc1C(=O)NCc1ncc[nH]1. The topological polar surface area (TPSA) is 106 Å². The summed E-state index contributed by atoms with van der Waals surface area (Å²) in [5.41, 5.74) is 0.119. The summed E-state index contributed by atoms with van der Waals surface area (Å²) in [6, 6.07) is 1.23. The van der Waals surface area contributed by atoms with Crippen molar-refractivity contribution in [1.82, 2.24) is 19.9 Å². The van der Waals surface area contributed by atoms with Crippen molar-refractivity contribution in [3.05, 3.63) is 46.3 Å². The van der Waals surface area contributed by atoms with Crippen molar-refractivity contribution >= 4 is 11.6 Å². The molecule has 94 valence electrons. The Hall–Kier alpha value is -2.64. The molecule has 2 aromatic heterocycles. The maximum absolute atomic E-state index is 11.8. The van der Waals surface area contributed by atoms with Crippen LogP contribution in [0.4, 0.5) is 5.69 Å². The number of hydrogen-bond acceptors (Lipinski definition) is 4. The summed E-state index contributed by atoms with van der Waals surface area (Å²) in [4.78, 5) is 28.6. The molecule has 2 rings (SSSR count). The van der Waals surface area contributed by atoms with Crippen LogP contribution < -0.4 is 5.32 Å². The summed E-state index contributed by atoms with van der Waals surface area (Å²) in [7, 11) is 1.58. The van der Waals surface area contributed by atoms with Crippen LogP contribution in [-0.2, 0) is 13.6 Å². The second kappa shape index (κ2) is 4.70. The third-order valence-electron chi connectivity index (χ3n) is 2.41. The molecule has 0 spiro atoms. The summed E-state index contributed by atoms with van der Waals surface area (Å²) in [5, 5.41) is 13.2. The van der Waals surface area contributed by atoms with Crippen LogP contribution in [0.5, 0.6) is 0 Å². The highest BCUT2D eigenvalue weighted by Gasteiger charge is 2.17. The zero-order valence-electron chi connectivity index (χ0n) is 9.58. The van der Waals surface area contributed by atoms with Crippen molar-refractivity contribution in [3.8, 4) is 0 Å². The molecular weight excluding hydrogens is 238 g/mol. The fourth-order valence-electron chi connectivity index (χ4n) is 1.52. The number of nitro groups is 1. The Morgan fingerprint density at radius 2 is 2.44 bits per heavy atom. The van der Waals surface area contributed by atoms with Crippen molar-refractivity contribution in [2.24, 2.45) is 7.05 Å². The fraction of sp³-hybridized carbons (Fsp3) is 0.200. The van der Waals surface area contributed by atoms with Gasteiger partial charge in [-0.15, -0.1) is 0 Å². The molecule has 8 heteroatoms. The molecule has 0 aromatic carbocycles. The second-order valence-electron chi connectivity index (χ2n) is 3.67. The van der Waals surface area contributed by atoms with Gasteiger partial charge in [-0.05, 0) is 0 Å². The quantitative estimate of drug-likeness (QED) is 0.610. The van der Waals surface area contributed by atoms with E-state index in [0.29, 0.717) is 5.82 Å². The molecule has 0 radical (unpaired) electrons. The normalized spacial score (nSPS) is 10.3. The molecule has 2 aromatic rings. The van der Waals surface area contributed by atoms with Gasteiger partial charge >= 0.3 is 0 Å². The summed E-state index contributed by atoms with van der Waals surface area (Å²) >= 11 is 0. The molecule has 0 aliphatic heterocycles. The number of H-pyrrole nitrogens is 1. The van der Waals surface area contributed by atoms with E-state index in [-0.39, 0.29) is 23.8 Å². The van der Waals surface area contributed by atoms with Gasteiger partial charge < -0.3 is 14.9 Å². The van der Waals surface area contributed by atoms with Gasteiger partial charge in [0.1, 0.15) is 11.5 Å². The van der Waals surface area contributed by atoms with Gasteiger partial charge in [0.2, 0.25) is 0 Å². The van der Waals surface area contributed by atoms with E-state index in [4.69, 9.17) is 0 Å². The van der Waals surface area contributed by atoms with Crippen LogP contribution in [0, 0.1) is 10.1 Å². The Kier molecular flexibility index (Phi) is 3.09. The van der Waals surface area contributed by atoms with Crippen LogP contribution in [0.2, 0.25) is 0 Å². The Bertz CT molecular complexity index is 572. The van der Waals surface area contributed by atoms with E-state index in [1.165, 1.54) is 16.8 Å². The molecule has 0 bridgehead atoms. The van der Waals surface area contributed by atoms with Gasteiger partial charge in [0.15, 0.2) is 0 Å². The molecule has 0 saturated heterocycles. The van der Waals surface area contributed by atoms with Gasteiger partial charge in [0, 0.05) is 25.5 Å². The minimum Gasteiger partial charge on any atom is -0.347 e. The van der Waals surface area contributed by atoms with Crippen LogP contribution in [0.15, 0.2) is 24.7 Å². The molecule has 18 heavy (non-hydrogen) atoms. The first-order chi connectivity index (χ1) is 8.58. The number of imidazole rings is 1. The fourth-order valence-corrected chi connectivity index (χ4v) is 1.52. The minimum atomic E-state index is -0.538. The van der Waals surface area contributed by atoms with Gasteiger partial charge in [-0.1, -0.05) is 0 Å². The van der Waals surface area contributed by atoms with Crippen LogP contribution in [0.25, 0.3) is 0 Å². The van der Waals surface area contributed by atoms with E-state index in [0.717, 1.165) is 0 Å². The van der Waals surface area contributed by atoms with Crippen LogP contribution in [-0.4, -0.2) is 25.4 Å². The number of carbonyl (C=O) groups excluding carboxylic acids is 1. The zero-order valence-corrected chi connectivity index (χ0v) is 9.58. The molecule has 0 aliphatic rings. The van der Waals surface area contributed by atoms with E-state index in [2.05, 4.69) is 15.3 Å². The summed E-state index contributed by atoms with van der Waals surface area (Å²) in [6.45, 7) is 0.241. The van der Waals surface area contributed by atoms with Gasteiger partial charge in [0.25, 0.3) is 11.6 Å². The van der Waals surface area contributed by atoms with Crippen molar-refractivity contribution in [2.75, 3.05) is 0 Å². The van der Waals surface area contributed by atoms with Crippen LogP contribution >= 0.6 is 0 Å². The van der Waals surface area contributed by atoms with Gasteiger partial charge in [-0.25, -0.2) is 4.98 Å². The first-order valence-electron chi connectivity index (χ1n) is 5.15. The summed E-state index contributed by atoms with van der Waals surface area (Å²) in [6.07, 6.45) is 4.52. The monoisotopic (exact) mass is 249 g/mol. The molecule has 0 saturated carbocycles. The Labute approximate surface area is 102 Å². The maximum atomic E-state index is 11.8. The average Bonchev–Trinajstić information content (AvgIpc) is 2.94. The predicted molar refractivity (Wildman–Crippen MR) is 61.8 cm³/mol. The van der Waals surface area contributed by atoms with E-state index in [9.17, 15) is 14.9 Å². The predicted octanol–water partition coefficient (Wildman–Crippen LogP) is 0.586. The van der Waals surface area contributed by atoms with E-state index < -0.39 is 4.92 Å². The second-order valence-corrected chi connectivity index (χ2v) is 3.67. The number of aromatic amines is 1. The lowest BCUT2D eigenvalue weighted by Gasteiger charge is -2.03. The summed E-state index contributed by atoms with van der Waals surface area (Å²) in [5.74, 6) is 0.231. The lowest BCUT2D eigenvalue weighted by atomic mass is 10.4. The van der Waals surface area contributed by atoms with E-state index in [1.54, 1.807) is 19.4 Å². The van der Waals surface area contributed by atoms with Crippen molar-refractivity contribution < 1.29 is 9.72 Å². The lowest BCUT2D eigenvalue weighted by Crippen LogP contribution is -2.25. The molecule has 1 amide bonds. The number of aromatic nitrogens is 3. The highest BCUT2D eigenvalue weighted by atomic mass is 16.6. The van der Waals surface area contributed by atoms with Crippen LogP contribution in [0.3, 0.4) is 0 Å². The zero-order chi connectivity index (χ0) is 13.1. The number of rotatable bonds is 4. The molecule has 2 heterocycles. The first kappa shape index (κ1) is 11.8. The molecule has 2 N–H and O–H groups in total. The first-order valence-corrected chi connectivity index (χ1v) is 5.15. The molecule has 0 fully saturated rings.